The van der Waals surface area contributed by atoms with Crippen LogP contribution in [-0.4, -0.2) is 19.9 Å². The highest BCUT2D eigenvalue weighted by Gasteiger charge is 2.06. The molecule has 2 heterocycles. The Bertz CT molecular complexity index is 818. The first-order chi connectivity index (χ1) is 8.54. The maximum Gasteiger partial charge on any atom is 0.315 e. The number of aryl methyl sites for hydroxylation is 2. The highest BCUT2D eigenvalue weighted by molar-refractivity contribution is 5.83. The van der Waals surface area contributed by atoms with Crippen LogP contribution in [0.1, 0.15) is 11.1 Å². The monoisotopic (exact) mass is 242 g/mol. The number of aromatic nitrogens is 4. The predicted octanol–water partition coefficient (Wildman–Crippen LogP) is 0.776. The van der Waals surface area contributed by atoms with E-state index in [1.54, 1.807) is 0 Å². The largest absolute Gasteiger partial charge is 0.315 e. The van der Waals surface area contributed by atoms with E-state index in [0.29, 0.717) is 11.0 Å². The molecule has 6 heteroatoms. The van der Waals surface area contributed by atoms with E-state index in [1.165, 1.54) is 0 Å². The van der Waals surface area contributed by atoms with E-state index < -0.39 is 11.1 Å². The second-order valence-corrected chi connectivity index (χ2v) is 4.25. The highest BCUT2D eigenvalue weighted by atomic mass is 16.2. The third-order valence-electron chi connectivity index (χ3n) is 2.95. The number of H-pyrrole nitrogens is 2. The third-order valence-corrected chi connectivity index (χ3v) is 2.95. The first kappa shape index (κ1) is 10.6. The lowest BCUT2D eigenvalue weighted by molar-refractivity contribution is 1.10. The minimum absolute atomic E-state index is 0.287. The normalized spacial score (nSPS) is 11.2. The van der Waals surface area contributed by atoms with Gasteiger partial charge in [-0.25, -0.2) is 9.97 Å². The molecule has 0 saturated heterocycles. The van der Waals surface area contributed by atoms with Crippen molar-refractivity contribution in [1.29, 1.82) is 0 Å². The zero-order valence-electron chi connectivity index (χ0n) is 9.87. The number of nitrogens with one attached hydrogen (secondary N) is 2. The molecule has 18 heavy (non-hydrogen) atoms. The number of hydrogen-bond acceptors (Lipinski definition) is 4. The lowest BCUT2D eigenvalue weighted by atomic mass is 10.1. The molecule has 0 bridgehead atoms. The summed E-state index contributed by atoms with van der Waals surface area (Å²) < 4.78 is 0. The van der Waals surface area contributed by atoms with Gasteiger partial charge in [-0.3, -0.25) is 19.6 Å². The van der Waals surface area contributed by atoms with Crippen LogP contribution in [0.2, 0.25) is 0 Å². The summed E-state index contributed by atoms with van der Waals surface area (Å²) >= 11 is 0. The fourth-order valence-corrected chi connectivity index (χ4v) is 1.81. The van der Waals surface area contributed by atoms with Gasteiger partial charge in [0.05, 0.1) is 11.0 Å². The van der Waals surface area contributed by atoms with Crippen molar-refractivity contribution in [1.82, 2.24) is 19.9 Å². The van der Waals surface area contributed by atoms with Crippen LogP contribution in [-0.2, 0) is 0 Å². The maximum absolute atomic E-state index is 11.2. The molecule has 0 aliphatic rings. The van der Waals surface area contributed by atoms with Crippen LogP contribution in [0.25, 0.3) is 22.3 Å². The summed E-state index contributed by atoms with van der Waals surface area (Å²) in [5.41, 5.74) is 2.71. The number of benzene rings is 1. The van der Waals surface area contributed by atoms with Gasteiger partial charge >= 0.3 is 11.1 Å². The van der Waals surface area contributed by atoms with Crippen molar-refractivity contribution in [3.8, 4) is 0 Å². The lowest BCUT2D eigenvalue weighted by Crippen LogP contribution is -2.29. The Kier molecular flexibility index (Phi) is 2.07. The maximum atomic E-state index is 11.2. The van der Waals surface area contributed by atoms with Gasteiger partial charge < -0.3 is 0 Å². The van der Waals surface area contributed by atoms with Gasteiger partial charge in [0, 0.05) is 0 Å². The molecule has 2 aromatic heterocycles. The summed E-state index contributed by atoms with van der Waals surface area (Å²) in [5, 5.41) is 0. The summed E-state index contributed by atoms with van der Waals surface area (Å²) in [4.78, 5) is 35.9. The molecule has 0 spiro atoms. The Morgan fingerprint density at radius 1 is 0.833 bits per heavy atom. The summed E-state index contributed by atoms with van der Waals surface area (Å²) in [7, 11) is 0. The van der Waals surface area contributed by atoms with Crippen molar-refractivity contribution in [2.75, 3.05) is 0 Å². The van der Waals surface area contributed by atoms with Crippen LogP contribution >= 0.6 is 0 Å². The Morgan fingerprint density at radius 3 is 1.61 bits per heavy atom. The lowest BCUT2D eigenvalue weighted by Gasteiger charge is -2.03. The van der Waals surface area contributed by atoms with Crippen LogP contribution in [0.15, 0.2) is 21.7 Å². The third kappa shape index (κ3) is 1.50. The standard InChI is InChI=1S/C12H10N4O2/c1-5-3-7-8(4-6(5)2)14-10-9(13-7)15-11(17)12(18)16-10/h3-4H,1-2H3,(H,13,15,17)(H,14,16,18). The van der Waals surface area contributed by atoms with E-state index in [-0.39, 0.29) is 11.3 Å². The van der Waals surface area contributed by atoms with E-state index in [2.05, 4.69) is 19.9 Å². The molecule has 90 valence electrons. The van der Waals surface area contributed by atoms with Crippen molar-refractivity contribution in [3.63, 3.8) is 0 Å². The van der Waals surface area contributed by atoms with Gasteiger partial charge in [-0.05, 0) is 37.1 Å². The van der Waals surface area contributed by atoms with Crippen LogP contribution in [0.5, 0.6) is 0 Å². The van der Waals surface area contributed by atoms with Crippen molar-refractivity contribution in [3.05, 3.63) is 44.0 Å². The van der Waals surface area contributed by atoms with Gasteiger partial charge in [0.15, 0.2) is 11.3 Å². The van der Waals surface area contributed by atoms with Gasteiger partial charge in [-0.1, -0.05) is 0 Å². The Hall–Kier alpha value is -2.50. The quantitative estimate of drug-likeness (QED) is 0.450. The fourth-order valence-electron chi connectivity index (χ4n) is 1.81. The minimum Gasteiger partial charge on any atom is -0.299 e. The summed E-state index contributed by atoms with van der Waals surface area (Å²) in [5.74, 6) is 0. The average Bonchev–Trinajstić information content (AvgIpc) is 2.31. The molecule has 3 rings (SSSR count). The zero-order valence-corrected chi connectivity index (χ0v) is 9.87. The molecule has 1 aromatic carbocycles. The van der Waals surface area contributed by atoms with E-state index in [0.717, 1.165) is 11.1 Å². The topological polar surface area (TPSA) is 91.5 Å². The van der Waals surface area contributed by atoms with Crippen LogP contribution < -0.4 is 11.1 Å². The van der Waals surface area contributed by atoms with Gasteiger partial charge in [-0.2, -0.15) is 0 Å². The van der Waals surface area contributed by atoms with E-state index in [4.69, 9.17) is 0 Å². The molecule has 0 saturated carbocycles. The number of fused-ring (bicyclic) bond motifs is 2. The van der Waals surface area contributed by atoms with Crippen LogP contribution in [0.3, 0.4) is 0 Å². The average molecular weight is 242 g/mol. The Labute approximate surface area is 101 Å². The van der Waals surface area contributed by atoms with Crippen molar-refractivity contribution in [2.45, 2.75) is 13.8 Å². The molecule has 3 aromatic rings. The van der Waals surface area contributed by atoms with Crippen molar-refractivity contribution in [2.24, 2.45) is 0 Å². The molecule has 0 fully saturated rings. The number of rotatable bonds is 0. The molecular weight excluding hydrogens is 232 g/mol. The first-order valence-electron chi connectivity index (χ1n) is 5.46. The molecule has 0 aliphatic heterocycles. The van der Waals surface area contributed by atoms with Gasteiger partial charge in [0.25, 0.3) is 0 Å². The van der Waals surface area contributed by atoms with Crippen LogP contribution in [0, 0.1) is 13.8 Å². The highest BCUT2D eigenvalue weighted by Crippen LogP contribution is 2.17. The number of hydrogen-bond donors (Lipinski definition) is 2. The summed E-state index contributed by atoms with van der Waals surface area (Å²) in [6, 6.07) is 3.81. The number of aromatic amines is 2. The van der Waals surface area contributed by atoms with Crippen molar-refractivity contribution >= 4 is 22.3 Å². The molecule has 2 N–H and O–H groups in total. The summed E-state index contributed by atoms with van der Waals surface area (Å²) in [6.45, 7) is 3.96. The Balaban J connectivity index is 2.51. The van der Waals surface area contributed by atoms with E-state index in [9.17, 15) is 9.59 Å². The zero-order chi connectivity index (χ0) is 12.9. The summed E-state index contributed by atoms with van der Waals surface area (Å²) in [6.07, 6.45) is 0. The van der Waals surface area contributed by atoms with Crippen LogP contribution in [0.4, 0.5) is 0 Å². The Morgan fingerprint density at radius 2 is 1.22 bits per heavy atom. The molecule has 6 nitrogen and oxygen atoms in total. The molecule has 0 radical (unpaired) electrons. The van der Waals surface area contributed by atoms with Gasteiger partial charge in [0.2, 0.25) is 0 Å². The SMILES string of the molecule is Cc1cc2nc3[nH]c(=O)c(=O)[nH]c3nc2cc1C. The molecule has 0 amide bonds. The fraction of sp³-hybridized carbons (Fsp3) is 0.167. The number of nitrogens with zero attached hydrogens (tertiary/aromatic N) is 2. The minimum atomic E-state index is -0.722. The van der Waals surface area contributed by atoms with Gasteiger partial charge in [-0.15, -0.1) is 0 Å². The molecule has 0 atom stereocenters. The van der Waals surface area contributed by atoms with Crippen molar-refractivity contribution < 1.29 is 0 Å². The molecular formula is C12H10N4O2. The molecule has 0 unspecified atom stereocenters. The molecule has 0 aliphatic carbocycles. The van der Waals surface area contributed by atoms with E-state index >= 15 is 0 Å². The smallest absolute Gasteiger partial charge is 0.299 e. The van der Waals surface area contributed by atoms with E-state index in [1.807, 2.05) is 26.0 Å². The second kappa shape index (κ2) is 3.49. The second-order valence-electron chi connectivity index (χ2n) is 4.25. The van der Waals surface area contributed by atoms with Gasteiger partial charge in [0.1, 0.15) is 0 Å². The first-order valence-corrected chi connectivity index (χ1v) is 5.46. The predicted molar refractivity (Wildman–Crippen MR) is 67.8 cm³/mol.